The number of sulfonamides is 1. The van der Waals surface area contributed by atoms with E-state index in [2.05, 4.69) is 4.72 Å². The van der Waals surface area contributed by atoms with Gasteiger partial charge in [-0.15, -0.1) is 0 Å². The van der Waals surface area contributed by atoms with Crippen LogP contribution in [0, 0.1) is 34.2 Å². The Morgan fingerprint density at radius 1 is 1.48 bits per heavy atom. The maximum Gasteiger partial charge on any atom is 0.306 e. The highest BCUT2D eigenvalue weighted by atomic mass is 32.2. The Bertz CT molecular complexity index is 700. The highest BCUT2D eigenvalue weighted by Crippen LogP contribution is 2.51. The molecule has 0 aromatic heterocycles. The van der Waals surface area contributed by atoms with E-state index in [4.69, 9.17) is 0 Å². The van der Waals surface area contributed by atoms with E-state index in [1.807, 2.05) is 13.8 Å². The molecular formula is C13H17FN2O4S. The number of rotatable bonds is 5. The molecular weight excluding hydrogens is 299 g/mol. The van der Waals surface area contributed by atoms with Gasteiger partial charge in [-0.3, -0.25) is 10.1 Å². The van der Waals surface area contributed by atoms with E-state index in [0.29, 0.717) is 0 Å². The third-order valence-electron chi connectivity index (χ3n) is 3.95. The van der Waals surface area contributed by atoms with Crippen molar-refractivity contribution < 1.29 is 17.7 Å². The molecule has 1 aliphatic rings. The summed E-state index contributed by atoms with van der Waals surface area (Å²) in [6.07, 6.45) is 0.929. The number of nitro groups is 1. The number of nitro benzene ring substituents is 1. The first-order chi connectivity index (χ1) is 9.54. The zero-order valence-electron chi connectivity index (χ0n) is 12.0. The lowest BCUT2D eigenvalue weighted by atomic mass is 10.1. The minimum atomic E-state index is -3.88. The van der Waals surface area contributed by atoms with Gasteiger partial charge in [0.25, 0.3) is 0 Å². The van der Waals surface area contributed by atoms with Crippen LogP contribution in [-0.4, -0.2) is 19.9 Å². The fourth-order valence-corrected chi connectivity index (χ4v) is 3.41. The second kappa shape index (κ2) is 5.03. The van der Waals surface area contributed by atoms with Crippen molar-refractivity contribution in [3.8, 4) is 0 Å². The van der Waals surface area contributed by atoms with Crippen LogP contribution in [0.5, 0.6) is 0 Å². The van der Waals surface area contributed by atoms with Crippen LogP contribution >= 0.6 is 0 Å². The van der Waals surface area contributed by atoms with Crippen molar-refractivity contribution >= 4 is 15.7 Å². The summed E-state index contributed by atoms with van der Waals surface area (Å²) in [5.41, 5.74) is -0.786. The van der Waals surface area contributed by atoms with Crippen LogP contribution in [-0.2, 0) is 10.0 Å². The van der Waals surface area contributed by atoms with Crippen molar-refractivity contribution in [2.24, 2.45) is 11.3 Å². The fraction of sp³-hybridized carbons (Fsp3) is 0.538. The molecule has 0 spiro atoms. The summed E-state index contributed by atoms with van der Waals surface area (Å²) in [6.45, 7) is 5.66. The molecule has 0 bridgehead atoms. The Morgan fingerprint density at radius 2 is 2.05 bits per heavy atom. The van der Waals surface area contributed by atoms with Gasteiger partial charge < -0.3 is 0 Å². The summed E-state index contributed by atoms with van der Waals surface area (Å²) < 4.78 is 40.3. The molecule has 0 aliphatic heterocycles. The largest absolute Gasteiger partial charge is 0.306 e. The number of hydrogen-bond donors (Lipinski definition) is 1. The zero-order chi connectivity index (χ0) is 16.0. The van der Waals surface area contributed by atoms with E-state index in [1.165, 1.54) is 6.92 Å². The molecule has 1 aromatic rings. The molecule has 0 amide bonds. The van der Waals surface area contributed by atoms with Crippen molar-refractivity contribution in [2.75, 3.05) is 6.54 Å². The number of nitrogens with one attached hydrogen (secondary N) is 1. The Hall–Kier alpha value is -1.54. The fourth-order valence-electron chi connectivity index (χ4n) is 2.22. The normalized spacial score (nSPS) is 20.3. The van der Waals surface area contributed by atoms with Crippen molar-refractivity contribution in [1.29, 1.82) is 0 Å². The van der Waals surface area contributed by atoms with Crippen LogP contribution in [0.2, 0.25) is 0 Å². The first kappa shape index (κ1) is 15.8. The molecule has 21 heavy (non-hydrogen) atoms. The van der Waals surface area contributed by atoms with Gasteiger partial charge in [0.1, 0.15) is 0 Å². The molecule has 1 unspecified atom stereocenters. The smallest absolute Gasteiger partial charge is 0.258 e. The SMILES string of the molecule is Cc1cc(S(=O)(=O)NCC2CC2(C)C)cc([N+](=O)[O-])c1F. The third kappa shape index (κ3) is 3.21. The van der Waals surface area contributed by atoms with Crippen LogP contribution in [0.25, 0.3) is 0 Å². The van der Waals surface area contributed by atoms with Crippen molar-refractivity contribution in [1.82, 2.24) is 4.72 Å². The van der Waals surface area contributed by atoms with E-state index < -0.39 is 26.5 Å². The van der Waals surface area contributed by atoms with Gasteiger partial charge in [-0.05, 0) is 36.3 Å². The average Bonchev–Trinajstić information content (AvgIpc) is 2.97. The molecule has 1 fully saturated rings. The predicted octanol–water partition coefficient (Wildman–Crippen LogP) is 2.37. The standard InChI is InChI=1S/C13H17FN2O4S/c1-8-4-10(5-11(12(8)14)16(17)18)21(19,20)15-7-9-6-13(9,2)3/h4-5,9,15H,6-7H2,1-3H3. The zero-order valence-corrected chi connectivity index (χ0v) is 12.8. The number of hydrogen-bond acceptors (Lipinski definition) is 4. The first-order valence-corrected chi connectivity index (χ1v) is 7.97. The predicted molar refractivity (Wildman–Crippen MR) is 74.9 cm³/mol. The van der Waals surface area contributed by atoms with E-state index in [-0.39, 0.29) is 28.3 Å². The van der Waals surface area contributed by atoms with Crippen LogP contribution in [0.4, 0.5) is 10.1 Å². The van der Waals surface area contributed by atoms with Crippen molar-refractivity contribution in [3.63, 3.8) is 0 Å². The summed E-state index contributed by atoms with van der Waals surface area (Å²) in [5, 5.41) is 10.8. The number of aryl methyl sites for hydroxylation is 1. The van der Waals surface area contributed by atoms with E-state index >= 15 is 0 Å². The topological polar surface area (TPSA) is 89.3 Å². The highest BCUT2D eigenvalue weighted by molar-refractivity contribution is 7.89. The van der Waals surface area contributed by atoms with Crippen LogP contribution < -0.4 is 4.72 Å². The Labute approximate surface area is 122 Å². The Balaban J connectivity index is 2.26. The first-order valence-electron chi connectivity index (χ1n) is 6.49. The maximum absolute atomic E-state index is 13.6. The molecule has 1 atom stereocenters. The van der Waals surface area contributed by atoms with Crippen LogP contribution in [0.3, 0.4) is 0 Å². The quantitative estimate of drug-likeness (QED) is 0.667. The molecule has 6 nitrogen and oxygen atoms in total. The summed E-state index contributed by atoms with van der Waals surface area (Å²) in [6, 6.07) is 1.85. The lowest BCUT2D eigenvalue weighted by Crippen LogP contribution is -2.27. The van der Waals surface area contributed by atoms with Gasteiger partial charge in [0.2, 0.25) is 15.8 Å². The third-order valence-corrected chi connectivity index (χ3v) is 5.36. The highest BCUT2D eigenvalue weighted by Gasteiger charge is 2.45. The van der Waals surface area contributed by atoms with Gasteiger partial charge in [0.05, 0.1) is 9.82 Å². The number of nitrogens with zero attached hydrogens (tertiary/aromatic N) is 1. The van der Waals surface area contributed by atoms with E-state index in [1.54, 1.807) is 0 Å². The Morgan fingerprint density at radius 3 is 2.52 bits per heavy atom. The summed E-state index contributed by atoms with van der Waals surface area (Å²) >= 11 is 0. The lowest BCUT2D eigenvalue weighted by Gasteiger charge is -2.09. The number of halogens is 1. The molecule has 1 aromatic carbocycles. The van der Waals surface area contributed by atoms with Gasteiger partial charge in [-0.25, -0.2) is 13.1 Å². The van der Waals surface area contributed by atoms with Gasteiger partial charge in [0.15, 0.2) is 0 Å². The Kier molecular flexibility index (Phi) is 3.79. The van der Waals surface area contributed by atoms with Crippen molar-refractivity contribution in [2.45, 2.75) is 32.1 Å². The van der Waals surface area contributed by atoms with Crippen LogP contribution in [0.1, 0.15) is 25.8 Å². The van der Waals surface area contributed by atoms with Crippen LogP contribution in [0.15, 0.2) is 17.0 Å². The van der Waals surface area contributed by atoms with Gasteiger partial charge in [0, 0.05) is 12.6 Å². The minimum Gasteiger partial charge on any atom is -0.258 e. The maximum atomic E-state index is 13.6. The summed E-state index contributed by atoms with van der Waals surface area (Å²) in [5.74, 6) is -0.758. The average molecular weight is 316 g/mol. The number of benzene rings is 1. The minimum absolute atomic E-state index is 0.0728. The summed E-state index contributed by atoms with van der Waals surface area (Å²) in [4.78, 5) is 9.55. The van der Waals surface area contributed by atoms with Gasteiger partial charge in [-0.2, -0.15) is 4.39 Å². The second-order valence-electron chi connectivity index (χ2n) is 6.07. The molecule has 116 valence electrons. The molecule has 1 saturated carbocycles. The molecule has 2 rings (SSSR count). The molecule has 1 N–H and O–H groups in total. The van der Waals surface area contributed by atoms with E-state index in [9.17, 15) is 22.9 Å². The molecule has 8 heteroatoms. The second-order valence-corrected chi connectivity index (χ2v) is 7.84. The lowest BCUT2D eigenvalue weighted by molar-refractivity contribution is -0.387. The molecule has 1 aliphatic carbocycles. The van der Waals surface area contributed by atoms with E-state index in [0.717, 1.165) is 18.6 Å². The van der Waals surface area contributed by atoms with Crippen molar-refractivity contribution in [3.05, 3.63) is 33.6 Å². The molecule has 0 saturated heterocycles. The monoisotopic (exact) mass is 316 g/mol. The van der Waals surface area contributed by atoms with Gasteiger partial charge in [-0.1, -0.05) is 13.8 Å². The summed E-state index contributed by atoms with van der Waals surface area (Å²) in [7, 11) is -3.88. The molecule has 0 radical (unpaired) electrons. The van der Waals surface area contributed by atoms with Gasteiger partial charge >= 0.3 is 5.69 Å². The molecule has 0 heterocycles.